The average molecular weight is 398 g/mol. The van der Waals surface area contributed by atoms with Crippen molar-refractivity contribution in [2.24, 2.45) is 0 Å². The minimum atomic E-state index is 0.717. The van der Waals surface area contributed by atoms with Crippen LogP contribution in [0.4, 0.5) is 0 Å². The molecule has 0 aliphatic carbocycles. The topological polar surface area (TPSA) is 38.9 Å². The van der Waals surface area contributed by atoms with E-state index in [0.29, 0.717) is 5.82 Å². The van der Waals surface area contributed by atoms with Crippen LogP contribution in [0.3, 0.4) is 0 Å². The van der Waals surface area contributed by atoms with Gasteiger partial charge in [-0.15, -0.1) is 0 Å². The second-order valence-corrected chi connectivity index (χ2v) is 7.50. The van der Waals surface area contributed by atoms with E-state index in [9.17, 15) is 0 Å². The number of rotatable bonds is 3. The number of hydrogen-bond donors (Lipinski definition) is 0. The maximum atomic E-state index is 6.00. The van der Waals surface area contributed by atoms with Gasteiger partial charge in [-0.2, -0.15) is 0 Å². The molecule has 0 bridgehead atoms. The van der Waals surface area contributed by atoms with Crippen LogP contribution in [0.25, 0.3) is 55.8 Å². The Morgan fingerprint density at radius 2 is 1.06 bits per heavy atom. The Morgan fingerprint density at radius 3 is 1.84 bits per heavy atom. The average Bonchev–Trinajstić information content (AvgIpc) is 3.23. The van der Waals surface area contributed by atoms with E-state index in [1.165, 1.54) is 0 Å². The van der Waals surface area contributed by atoms with E-state index in [1.807, 2.05) is 72.8 Å². The standard InChI is InChI=1S/C28H18N2O/c1-3-9-19(10-4-1)24-18-25(30-28(29-24)20-11-5-2-6-12-20)21-15-16-27-23(17-21)22-13-7-8-14-26(22)31-27/h1-18H. The molecule has 0 aliphatic heterocycles. The first-order valence-corrected chi connectivity index (χ1v) is 10.3. The van der Waals surface area contributed by atoms with Gasteiger partial charge in [-0.25, -0.2) is 9.97 Å². The van der Waals surface area contributed by atoms with Gasteiger partial charge in [0.2, 0.25) is 0 Å². The zero-order chi connectivity index (χ0) is 20.6. The second-order valence-electron chi connectivity index (χ2n) is 7.50. The summed E-state index contributed by atoms with van der Waals surface area (Å²) in [6, 6.07) is 36.8. The van der Waals surface area contributed by atoms with Crippen LogP contribution in [0, 0.1) is 0 Å². The summed E-state index contributed by atoms with van der Waals surface area (Å²) in [5.74, 6) is 0.717. The van der Waals surface area contributed by atoms with Crippen LogP contribution in [0.1, 0.15) is 0 Å². The molecule has 0 atom stereocenters. The van der Waals surface area contributed by atoms with Crippen LogP contribution in [-0.2, 0) is 0 Å². The van der Waals surface area contributed by atoms with Crippen LogP contribution >= 0.6 is 0 Å². The lowest BCUT2D eigenvalue weighted by Crippen LogP contribution is -1.95. The number of nitrogens with zero attached hydrogens (tertiary/aromatic N) is 2. The number of furan rings is 1. The predicted molar refractivity (Wildman–Crippen MR) is 126 cm³/mol. The Morgan fingerprint density at radius 1 is 0.452 bits per heavy atom. The van der Waals surface area contributed by atoms with Crippen LogP contribution in [0.2, 0.25) is 0 Å². The summed E-state index contributed by atoms with van der Waals surface area (Å²) < 4.78 is 6.00. The van der Waals surface area contributed by atoms with Crippen LogP contribution in [0.5, 0.6) is 0 Å². The zero-order valence-electron chi connectivity index (χ0n) is 16.7. The summed E-state index contributed by atoms with van der Waals surface area (Å²) in [4.78, 5) is 9.80. The molecule has 0 aliphatic rings. The zero-order valence-corrected chi connectivity index (χ0v) is 16.7. The third kappa shape index (κ3) is 3.17. The molecule has 146 valence electrons. The third-order valence-corrected chi connectivity index (χ3v) is 5.50. The maximum absolute atomic E-state index is 6.00. The summed E-state index contributed by atoms with van der Waals surface area (Å²) in [6.07, 6.45) is 0. The molecule has 2 heterocycles. The first kappa shape index (κ1) is 17.6. The summed E-state index contributed by atoms with van der Waals surface area (Å²) in [5, 5.41) is 2.20. The van der Waals surface area contributed by atoms with Crippen LogP contribution in [-0.4, -0.2) is 9.97 Å². The lowest BCUT2D eigenvalue weighted by atomic mass is 10.0. The molecule has 3 nitrogen and oxygen atoms in total. The Labute approximate surface area is 179 Å². The minimum Gasteiger partial charge on any atom is -0.456 e. The molecule has 0 unspecified atom stereocenters. The molecular formula is C28H18N2O. The van der Waals surface area contributed by atoms with Gasteiger partial charge in [0.25, 0.3) is 0 Å². The molecule has 0 radical (unpaired) electrons. The van der Waals surface area contributed by atoms with Gasteiger partial charge in [0, 0.05) is 27.5 Å². The molecule has 6 aromatic rings. The van der Waals surface area contributed by atoms with Gasteiger partial charge < -0.3 is 4.42 Å². The number of fused-ring (bicyclic) bond motifs is 3. The van der Waals surface area contributed by atoms with Crippen molar-refractivity contribution >= 4 is 21.9 Å². The van der Waals surface area contributed by atoms with Gasteiger partial charge in [0.15, 0.2) is 5.82 Å². The van der Waals surface area contributed by atoms with E-state index in [1.54, 1.807) is 0 Å². The fraction of sp³-hybridized carbons (Fsp3) is 0. The molecule has 0 saturated heterocycles. The number of benzene rings is 4. The van der Waals surface area contributed by atoms with E-state index < -0.39 is 0 Å². The largest absolute Gasteiger partial charge is 0.456 e. The van der Waals surface area contributed by atoms with Gasteiger partial charge in [-0.3, -0.25) is 0 Å². The smallest absolute Gasteiger partial charge is 0.160 e. The molecule has 0 amide bonds. The fourth-order valence-electron chi connectivity index (χ4n) is 3.95. The Hall–Kier alpha value is -4.24. The Bertz CT molecular complexity index is 1460. The number of aromatic nitrogens is 2. The summed E-state index contributed by atoms with van der Waals surface area (Å²) in [5.41, 5.74) is 6.67. The summed E-state index contributed by atoms with van der Waals surface area (Å²) in [6.45, 7) is 0. The lowest BCUT2D eigenvalue weighted by molar-refractivity contribution is 0.669. The van der Waals surface area contributed by atoms with Crippen LogP contribution < -0.4 is 0 Å². The first-order valence-electron chi connectivity index (χ1n) is 10.3. The van der Waals surface area contributed by atoms with Crippen molar-refractivity contribution in [2.75, 3.05) is 0 Å². The van der Waals surface area contributed by atoms with Crippen molar-refractivity contribution in [3.63, 3.8) is 0 Å². The Balaban J connectivity index is 1.58. The normalized spacial score (nSPS) is 11.2. The van der Waals surface area contributed by atoms with Crippen molar-refractivity contribution in [3.8, 4) is 33.9 Å². The fourth-order valence-corrected chi connectivity index (χ4v) is 3.95. The molecule has 6 rings (SSSR count). The van der Waals surface area contributed by atoms with Crippen molar-refractivity contribution in [2.45, 2.75) is 0 Å². The lowest BCUT2D eigenvalue weighted by Gasteiger charge is -2.09. The van der Waals surface area contributed by atoms with E-state index in [4.69, 9.17) is 14.4 Å². The maximum Gasteiger partial charge on any atom is 0.160 e. The number of para-hydroxylation sites is 1. The molecule has 0 spiro atoms. The molecular weight excluding hydrogens is 380 g/mol. The van der Waals surface area contributed by atoms with Crippen molar-refractivity contribution < 1.29 is 4.42 Å². The highest BCUT2D eigenvalue weighted by atomic mass is 16.3. The van der Waals surface area contributed by atoms with E-state index >= 15 is 0 Å². The van der Waals surface area contributed by atoms with Crippen LogP contribution in [0.15, 0.2) is 114 Å². The van der Waals surface area contributed by atoms with Crippen molar-refractivity contribution in [1.29, 1.82) is 0 Å². The van der Waals surface area contributed by atoms with Gasteiger partial charge in [-0.05, 0) is 30.3 Å². The highest BCUT2D eigenvalue weighted by Gasteiger charge is 2.13. The highest BCUT2D eigenvalue weighted by molar-refractivity contribution is 6.06. The van der Waals surface area contributed by atoms with Gasteiger partial charge in [0.05, 0.1) is 11.4 Å². The molecule has 2 aromatic heterocycles. The predicted octanol–water partition coefficient (Wildman–Crippen LogP) is 7.38. The monoisotopic (exact) mass is 398 g/mol. The van der Waals surface area contributed by atoms with Gasteiger partial charge >= 0.3 is 0 Å². The van der Waals surface area contributed by atoms with E-state index in [-0.39, 0.29) is 0 Å². The molecule has 0 N–H and O–H groups in total. The molecule has 4 aromatic carbocycles. The molecule has 0 fully saturated rings. The van der Waals surface area contributed by atoms with Gasteiger partial charge in [-0.1, -0.05) is 78.9 Å². The summed E-state index contributed by atoms with van der Waals surface area (Å²) >= 11 is 0. The molecule has 0 saturated carbocycles. The first-order chi connectivity index (χ1) is 15.3. The van der Waals surface area contributed by atoms with Gasteiger partial charge in [0.1, 0.15) is 11.2 Å². The highest BCUT2D eigenvalue weighted by Crippen LogP contribution is 2.33. The third-order valence-electron chi connectivity index (χ3n) is 5.50. The quantitative estimate of drug-likeness (QED) is 0.312. The Kier molecular flexibility index (Phi) is 4.10. The second kappa shape index (κ2) is 7.22. The van der Waals surface area contributed by atoms with E-state index in [0.717, 1.165) is 50.0 Å². The van der Waals surface area contributed by atoms with Crippen molar-refractivity contribution in [1.82, 2.24) is 9.97 Å². The molecule has 3 heteroatoms. The van der Waals surface area contributed by atoms with E-state index in [2.05, 4.69) is 36.4 Å². The SMILES string of the molecule is c1ccc(-c2cc(-c3ccc4oc5ccccc5c4c3)nc(-c3ccccc3)n2)cc1. The minimum absolute atomic E-state index is 0.717. The van der Waals surface area contributed by atoms with Crippen molar-refractivity contribution in [3.05, 3.63) is 109 Å². The summed E-state index contributed by atoms with van der Waals surface area (Å²) in [7, 11) is 0. The number of hydrogen-bond acceptors (Lipinski definition) is 3. The molecule has 31 heavy (non-hydrogen) atoms.